The van der Waals surface area contributed by atoms with Crippen LogP contribution in [0.25, 0.3) is 0 Å². The molecule has 4 heteroatoms. The molecule has 0 aliphatic rings. The van der Waals surface area contributed by atoms with E-state index in [0.717, 1.165) is 31.8 Å². The van der Waals surface area contributed by atoms with E-state index in [1.807, 2.05) is 24.3 Å². The Labute approximate surface area is 127 Å². The monoisotopic (exact) mass is 299 g/mol. The van der Waals surface area contributed by atoms with Crippen LogP contribution in [-0.4, -0.2) is 43.4 Å². The fourth-order valence-corrected chi connectivity index (χ4v) is 2.50. The first-order valence-corrected chi connectivity index (χ1v) is 7.56. The lowest BCUT2D eigenvalue weighted by molar-refractivity contribution is 0.111. The maximum atomic E-state index is 10.3. The molecule has 114 valence electrons. The Bertz CT molecular complexity index is 384. The minimum absolute atomic E-state index is 0.513. The summed E-state index contributed by atoms with van der Waals surface area (Å²) in [5, 5.41) is 10.9. The number of methoxy groups -OCH3 is 1. The van der Waals surface area contributed by atoms with Crippen molar-refractivity contribution in [3.8, 4) is 0 Å². The zero-order valence-electron chi connectivity index (χ0n) is 12.7. The van der Waals surface area contributed by atoms with Gasteiger partial charge < -0.3 is 14.7 Å². The zero-order valence-corrected chi connectivity index (χ0v) is 13.4. The summed E-state index contributed by atoms with van der Waals surface area (Å²) in [5.74, 6) is 0.601. The Balaban J connectivity index is 2.51. The lowest BCUT2D eigenvalue weighted by atomic mass is 10.1. The van der Waals surface area contributed by atoms with E-state index in [-0.39, 0.29) is 0 Å². The third kappa shape index (κ3) is 6.23. The highest BCUT2D eigenvalue weighted by molar-refractivity contribution is 6.31. The average molecular weight is 300 g/mol. The highest BCUT2D eigenvalue weighted by Crippen LogP contribution is 2.25. The number of aliphatic hydroxyl groups excluding tert-OH is 1. The molecule has 0 radical (unpaired) electrons. The Morgan fingerprint density at radius 3 is 2.55 bits per heavy atom. The molecule has 0 bridgehead atoms. The van der Waals surface area contributed by atoms with Crippen molar-refractivity contribution in [1.29, 1.82) is 0 Å². The number of hydrogen-bond donors (Lipinski definition) is 1. The molecule has 1 aromatic carbocycles. The van der Waals surface area contributed by atoms with Gasteiger partial charge in [0, 0.05) is 31.8 Å². The van der Waals surface area contributed by atoms with Crippen molar-refractivity contribution in [2.75, 3.05) is 33.4 Å². The van der Waals surface area contributed by atoms with Crippen molar-refractivity contribution in [2.45, 2.75) is 26.4 Å². The van der Waals surface area contributed by atoms with E-state index in [4.69, 9.17) is 16.3 Å². The van der Waals surface area contributed by atoms with Gasteiger partial charge in [0.15, 0.2) is 0 Å². The van der Waals surface area contributed by atoms with Crippen LogP contribution in [-0.2, 0) is 4.74 Å². The molecule has 1 rings (SSSR count). The van der Waals surface area contributed by atoms with Crippen LogP contribution >= 0.6 is 11.6 Å². The molecule has 0 saturated carbocycles. The minimum atomic E-state index is -0.513. The second kappa shape index (κ2) is 9.35. The van der Waals surface area contributed by atoms with Crippen molar-refractivity contribution in [2.24, 2.45) is 5.92 Å². The molecule has 0 fully saturated rings. The third-order valence-corrected chi connectivity index (χ3v) is 3.56. The maximum absolute atomic E-state index is 10.3. The summed E-state index contributed by atoms with van der Waals surface area (Å²) in [6, 6.07) is 7.48. The summed E-state index contributed by atoms with van der Waals surface area (Å²) in [7, 11) is 1.71. The van der Waals surface area contributed by atoms with Crippen molar-refractivity contribution < 1.29 is 9.84 Å². The van der Waals surface area contributed by atoms with Gasteiger partial charge in [0.25, 0.3) is 0 Å². The fourth-order valence-electron chi connectivity index (χ4n) is 2.24. The standard InChI is InChI=1S/C16H26ClNO2/c1-13(2)12-18(10-11-20-3)9-8-16(19)14-6-4-5-7-15(14)17/h4-7,13,16,19H,8-12H2,1-3H3. The van der Waals surface area contributed by atoms with Crippen LogP contribution < -0.4 is 0 Å². The molecule has 0 aliphatic carbocycles. The highest BCUT2D eigenvalue weighted by atomic mass is 35.5. The molecule has 0 saturated heterocycles. The first kappa shape index (κ1) is 17.4. The van der Waals surface area contributed by atoms with Gasteiger partial charge in [-0.05, 0) is 24.0 Å². The van der Waals surface area contributed by atoms with E-state index >= 15 is 0 Å². The van der Waals surface area contributed by atoms with Crippen LogP contribution in [0.5, 0.6) is 0 Å². The molecule has 0 spiro atoms. The quantitative estimate of drug-likeness (QED) is 0.759. The predicted octanol–water partition coefficient (Wildman–Crippen LogP) is 3.37. The average Bonchev–Trinajstić information content (AvgIpc) is 2.41. The second-order valence-electron chi connectivity index (χ2n) is 5.51. The maximum Gasteiger partial charge on any atom is 0.0816 e. The largest absolute Gasteiger partial charge is 0.388 e. The number of rotatable bonds is 9. The van der Waals surface area contributed by atoms with Gasteiger partial charge in [-0.3, -0.25) is 0 Å². The Morgan fingerprint density at radius 2 is 1.95 bits per heavy atom. The molecule has 1 atom stereocenters. The van der Waals surface area contributed by atoms with Crippen LogP contribution in [0.15, 0.2) is 24.3 Å². The van der Waals surface area contributed by atoms with Crippen molar-refractivity contribution >= 4 is 11.6 Å². The van der Waals surface area contributed by atoms with Gasteiger partial charge in [-0.15, -0.1) is 0 Å². The number of benzene rings is 1. The number of halogens is 1. The van der Waals surface area contributed by atoms with Crippen LogP contribution in [0.3, 0.4) is 0 Å². The van der Waals surface area contributed by atoms with E-state index in [1.54, 1.807) is 7.11 Å². The Hall–Kier alpha value is -0.610. The molecule has 0 amide bonds. The van der Waals surface area contributed by atoms with E-state index in [1.165, 1.54) is 0 Å². The molecular weight excluding hydrogens is 274 g/mol. The fraction of sp³-hybridized carbons (Fsp3) is 0.625. The predicted molar refractivity (Wildman–Crippen MR) is 84.2 cm³/mol. The van der Waals surface area contributed by atoms with E-state index in [0.29, 0.717) is 17.4 Å². The highest BCUT2D eigenvalue weighted by Gasteiger charge is 2.14. The van der Waals surface area contributed by atoms with E-state index in [9.17, 15) is 5.11 Å². The van der Waals surface area contributed by atoms with Gasteiger partial charge in [-0.1, -0.05) is 43.6 Å². The minimum Gasteiger partial charge on any atom is -0.388 e. The normalized spacial score (nSPS) is 13.2. The van der Waals surface area contributed by atoms with E-state index < -0.39 is 6.10 Å². The zero-order chi connectivity index (χ0) is 15.0. The van der Waals surface area contributed by atoms with Gasteiger partial charge in [-0.25, -0.2) is 0 Å². The van der Waals surface area contributed by atoms with E-state index in [2.05, 4.69) is 18.7 Å². The molecule has 0 aliphatic heterocycles. The molecule has 0 heterocycles. The molecule has 20 heavy (non-hydrogen) atoms. The second-order valence-corrected chi connectivity index (χ2v) is 5.92. The van der Waals surface area contributed by atoms with Gasteiger partial charge in [0.1, 0.15) is 0 Å². The summed E-state index contributed by atoms with van der Waals surface area (Å²) in [6.07, 6.45) is 0.168. The number of nitrogens with zero attached hydrogens (tertiary/aromatic N) is 1. The first-order valence-electron chi connectivity index (χ1n) is 7.18. The molecule has 1 aromatic rings. The summed E-state index contributed by atoms with van der Waals surface area (Å²) in [5.41, 5.74) is 0.811. The SMILES string of the molecule is COCCN(CCC(O)c1ccccc1Cl)CC(C)C. The first-order chi connectivity index (χ1) is 9.54. The van der Waals surface area contributed by atoms with Crippen molar-refractivity contribution in [3.63, 3.8) is 0 Å². The molecule has 0 aromatic heterocycles. The number of aliphatic hydroxyl groups is 1. The number of ether oxygens (including phenoxy) is 1. The van der Waals surface area contributed by atoms with Crippen molar-refractivity contribution in [3.05, 3.63) is 34.9 Å². The molecule has 1 N–H and O–H groups in total. The van der Waals surface area contributed by atoms with Crippen LogP contribution in [0, 0.1) is 5.92 Å². The van der Waals surface area contributed by atoms with Gasteiger partial charge in [0.2, 0.25) is 0 Å². The molecular formula is C16H26ClNO2. The summed E-state index contributed by atoms with van der Waals surface area (Å²) in [4.78, 5) is 2.33. The third-order valence-electron chi connectivity index (χ3n) is 3.22. The van der Waals surface area contributed by atoms with Gasteiger partial charge >= 0.3 is 0 Å². The number of hydrogen-bond acceptors (Lipinski definition) is 3. The Morgan fingerprint density at radius 1 is 1.25 bits per heavy atom. The summed E-state index contributed by atoms with van der Waals surface area (Å²) < 4.78 is 5.14. The topological polar surface area (TPSA) is 32.7 Å². The van der Waals surface area contributed by atoms with Gasteiger partial charge in [0.05, 0.1) is 12.7 Å². The van der Waals surface area contributed by atoms with Crippen LogP contribution in [0.2, 0.25) is 5.02 Å². The smallest absolute Gasteiger partial charge is 0.0816 e. The molecule has 3 nitrogen and oxygen atoms in total. The lowest BCUT2D eigenvalue weighted by Crippen LogP contribution is -2.32. The lowest BCUT2D eigenvalue weighted by Gasteiger charge is -2.25. The Kier molecular flexibility index (Phi) is 8.15. The van der Waals surface area contributed by atoms with Gasteiger partial charge in [-0.2, -0.15) is 0 Å². The van der Waals surface area contributed by atoms with Crippen LogP contribution in [0.4, 0.5) is 0 Å². The van der Waals surface area contributed by atoms with Crippen LogP contribution in [0.1, 0.15) is 31.9 Å². The summed E-state index contributed by atoms with van der Waals surface area (Å²) >= 11 is 6.11. The molecule has 1 unspecified atom stereocenters. The summed E-state index contributed by atoms with van der Waals surface area (Å²) in [6.45, 7) is 7.86. The van der Waals surface area contributed by atoms with Crippen molar-refractivity contribution in [1.82, 2.24) is 4.90 Å².